The maximum Gasteiger partial charge on any atom is 0.293 e. The van der Waals surface area contributed by atoms with Crippen molar-refractivity contribution in [3.05, 3.63) is 40.6 Å². The van der Waals surface area contributed by atoms with E-state index in [1.807, 2.05) is 0 Å². The Kier molecular flexibility index (Phi) is 3.08. The highest BCUT2D eigenvalue weighted by Gasteiger charge is 2.16. The number of aromatic nitrogens is 1. The number of rotatable bonds is 4. The molecule has 90 valence electrons. The molecule has 1 aromatic carbocycles. The van der Waals surface area contributed by atoms with Gasteiger partial charge in [0.2, 0.25) is 0 Å². The first kappa shape index (κ1) is 11.6. The molecule has 0 aliphatic heterocycles. The van der Waals surface area contributed by atoms with Gasteiger partial charge in [-0.05, 0) is 6.07 Å². The van der Waals surface area contributed by atoms with E-state index in [1.54, 1.807) is 29.0 Å². The molecule has 1 aromatic heterocycles. The van der Waals surface area contributed by atoms with Crippen LogP contribution in [0.4, 0.5) is 5.69 Å². The van der Waals surface area contributed by atoms with Crippen molar-refractivity contribution in [1.29, 1.82) is 0 Å². The van der Waals surface area contributed by atoms with Gasteiger partial charge >= 0.3 is 0 Å². The first-order valence-corrected chi connectivity index (χ1v) is 5.14. The van der Waals surface area contributed by atoms with E-state index >= 15 is 0 Å². The van der Waals surface area contributed by atoms with Gasteiger partial charge in [-0.1, -0.05) is 12.1 Å². The van der Waals surface area contributed by atoms with Crippen molar-refractivity contribution in [1.82, 2.24) is 4.57 Å². The predicted molar refractivity (Wildman–Crippen MR) is 61.7 cm³/mol. The van der Waals surface area contributed by atoms with Crippen LogP contribution in [-0.4, -0.2) is 32.4 Å². The van der Waals surface area contributed by atoms with Crippen molar-refractivity contribution < 1.29 is 15.1 Å². The highest BCUT2D eigenvalue weighted by Crippen LogP contribution is 2.26. The van der Waals surface area contributed by atoms with Gasteiger partial charge in [-0.3, -0.25) is 10.1 Å². The van der Waals surface area contributed by atoms with Crippen LogP contribution in [0.25, 0.3) is 10.9 Å². The Balaban J connectivity index is 2.53. The molecule has 0 bridgehead atoms. The molecule has 2 rings (SSSR count). The number of aliphatic hydroxyl groups is 2. The van der Waals surface area contributed by atoms with Gasteiger partial charge in [0, 0.05) is 17.6 Å². The van der Waals surface area contributed by atoms with Crippen molar-refractivity contribution in [3.8, 4) is 0 Å². The van der Waals surface area contributed by atoms with E-state index in [2.05, 4.69) is 0 Å². The van der Waals surface area contributed by atoms with E-state index in [1.165, 1.54) is 6.07 Å². The molecule has 2 N–H and O–H groups in total. The van der Waals surface area contributed by atoms with Gasteiger partial charge in [0.25, 0.3) is 5.69 Å². The van der Waals surface area contributed by atoms with Crippen molar-refractivity contribution >= 4 is 16.6 Å². The van der Waals surface area contributed by atoms with Crippen LogP contribution in [0, 0.1) is 10.1 Å². The van der Waals surface area contributed by atoms with Gasteiger partial charge in [0.1, 0.15) is 5.52 Å². The highest BCUT2D eigenvalue weighted by molar-refractivity contribution is 5.88. The van der Waals surface area contributed by atoms with Crippen LogP contribution < -0.4 is 0 Å². The topological polar surface area (TPSA) is 88.5 Å². The van der Waals surface area contributed by atoms with Gasteiger partial charge < -0.3 is 14.8 Å². The molecule has 0 radical (unpaired) electrons. The number of fused-ring (bicyclic) bond motifs is 1. The molecule has 0 fully saturated rings. The summed E-state index contributed by atoms with van der Waals surface area (Å²) in [6, 6.07) is 6.55. The van der Waals surface area contributed by atoms with Crippen molar-refractivity contribution in [3.63, 3.8) is 0 Å². The Hall–Kier alpha value is -1.92. The van der Waals surface area contributed by atoms with E-state index in [-0.39, 0.29) is 18.8 Å². The smallest absolute Gasteiger partial charge is 0.293 e. The maximum absolute atomic E-state index is 10.9. The molecule has 0 saturated heterocycles. The minimum absolute atomic E-state index is 0.00219. The second-order valence-electron chi connectivity index (χ2n) is 3.78. The van der Waals surface area contributed by atoms with Crippen LogP contribution in [-0.2, 0) is 6.54 Å². The summed E-state index contributed by atoms with van der Waals surface area (Å²) in [5, 5.41) is 29.8. The Labute approximate surface area is 96.9 Å². The molecular weight excluding hydrogens is 224 g/mol. The summed E-state index contributed by atoms with van der Waals surface area (Å²) in [4.78, 5) is 10.4. The molecule has 1 unspecified atom stereocenters. The summed E-state index contributed by atoms with van der Waals surface area (Å²) in [6.45, 7) is -0.245. The summed E-state index contributed by atoms with van der Waals surface area (Å²) in [5.74, 6) is 0. The van der Waals surface area contributed by atoms with Crippen LogP contribution in [0.2, 0.25) is 0 Å². The number of nitro benzene ring substituents is 1. The SMILES string of the molecule is O=[N+]([O-])c1cccc2ccn(CC(O)CO)c12. The zero-order valence-electron chi connectivity index (χ0n) is 8.98. The lowest BCUT2D eigenvalue weighted by Gasteiger charge is -2.09. The van der Waals surface area contributed by atoms with Gasteiger partial charge in [0.15, 0.2) is 0 Å². The monoisotopic (exact) mass is 236 g/mol. The third kappa shape index (κ3) is 2.13. The Bertz CT molecular complexity index is 549. The number of nitrogens with zero attached hydrogens (tertiary/aromatic N) is 2. The lowest BCUT2D eigenvalue weighted by Crippen LogP contribution is -2.19. The predicted octanol–water partition coefficient (Wildman–Crippen LogP) is 0.903. The Morgan fingerprint density at radius 2 is 2.18 bits per heavy atom. The van der Waals surface area contributed by atoms with Crippen LogP contribution in [0.5, 0.6) is 0 Å². The molecule has 6 nitrogen and oxygen atoms in total. The van der Waals surface area contributed by atoms with E-state index < -0.39 is 11.0 Å². The Morgan fingerprint density at radius 1 is 1.41 bits per heavy atom. The average Bonchev–Trinajstić information content (AvgIpc) is 2.72. The van der Waals surface area contributed by atoms with E-state index in [4.69, 9.17) is 5.11 Å². The van der Waals surface area contributed by atoms with Crippen LogP contribution in [0.15, 0.2) is 30.5 Å². The fraction of sp³-hybridized carbons (Fsp3) is 0.273. The number of para-hydroxylation sites is 1. The first-order chi connectivity index (χ1) is 8.13. The molecule has 0 saturated carbocycles. The molecule has 17 heavy (non-hydrogen) atoms. The van der Waals surface area contributed by atoms with Gasteiger partial charge in [0.05, 0.1) is 24.2 Å². The van der Waals surface area contributed by atoms with Crippen LogP contribution in [0.3, 0.4) is 0 Å². The quantitative estimate of drug-likeness (QED) is 0.609. The second-order valence-corrected chi connectivity index (χ2v) is 3.78. The maximum atomic E-state index is 10.9. The van der Waals surface area contributed by atoms with E-state index in [0.29, 0.717) is 5.52 Å². The van der Waals surface area contributed by atoms with E-state index in [0.717, 1.165) is 5.39 Å². The summed E-state index contributed by atoms with van der Waals surface area (Å²) in [7, 11) is 0. The van der Waals surface area contributed by atoms with Gasteiger partial charge in [-0.15, -0.1) is 0 Å². The zero-order valence-corrected chi connectivity index (χ0v) is 8.98. The zero-order chi connectivity index (χ0) is 12.4. The molecule has 0 aliphatic rings. The summed E-state index contributed by atoms with van der Waals surface area (Å²) in [6.07, 6.45) is 0.738. The third-order valence-corrected chi connectivity index (χ3v) is 2.58. The molecular formula is C11H12N2O4. The average molecular weight is 236 g/mol. The van der Waals surface area contributed by atoms with Crippen molar-refractivity contribution in [2.24, 2.45) is 0 Å². The van der Waals surface area contributed by atoms with Crippen LogP contribution >= 0.6 is 0 Å². The molecule has 1 heterocycles. The summed E-state index contributed by atoms with van der Waals surface area (Å²) in [5.41, 5.74) is 0.461. The number of non-ortho nitro benzene ring substituents is 1. The summed E-state index contributed by atoms with van der Waals surface area (Å²) < 4.78 is 1.58. The number of hydrogen-bond donors (Lipinski definition) is 2. The molecule has 6 heteroatoms. The standard InChI is InChI=1S/C11H12N2O4/c14-7-9(15)6-12-5-4-8-2-1-3-10(11(8)12)13(16)17/h1-5,9,14-15H,6-7H2. The number of aliphatic hydroxyl groups excluding tert-OH is 2. The first-order valence-electron chi connectivity index (χ1n) is 5.14. The number of benzene rings is 1. The van der Waals surface area contributed by atoms with Crippen molar-refractivity contribution in [2.75, 3.05) is 6.61 Å². The fourth-order valence-electron chi connectivity index (χ4n) is 1.83. The van der Waals surface area contributed by atoms with Gasteiger partial charge in [-0.25, -0.2) is 0 Å². The Morgan fingerprint density at radius 3 is 2.82 bits per heavy atom. The van der Waals surface area contributed by atoms with Gasteiger partial charge in [-0.2, -0.15) is 0 Å². The molecule has 2 aromatic rings. The highest BCUT2D eigenvalue weighted by atomic mass is 16.6. The molecule has 0 spiro atoms. The normalized spacial score (nSPS) is 12.8. The summed E-state index contributed by atoms with van der Waals surface area (Å²) >= 11 is 0. The number of nitro groups is 1. The second kappa shape index (κ2) is 4.52. The van der Waals surface area contributed by atoms with Crippen molar-refractivity contribution in [2.45, 2.75) is 12.6 Å². The van der Waals surface area contributed by atoms with Crippen LogP contribution in [0.1, 0.15) is 0 Å². The minimum atomic E-state index is -0.926. The minimum Gasteiger partial charge on any atom is -0.394 e. The third-order valence-electron chi connectivity index (χ3n) is 2.58. The fourth-order valence-corrected chi connectivity index (χ4v) is 1.83. The molecule has 0 aliphatic carbocycles. The molecule has 0 amide bonds. The van der Waals surface area contributed by atoms with E-state index in [9.17, 15) is 15.2 Å². The largest absolute Gasteiger partial charge is 0.394 e. The lowest BCUT2D eigenvalue weighted by atomic mass is 10.2. The molecule has 1 atom stereocenters. The lowest BCUT2D eigenvalue weighted by molar-refractivity contribution is -0.383. The number of hydrogen-bond acceptors (Lipinski definition) is 4.